The van der Waals surface area contributed by atoms with Crippen LogP contribution in [0.1, 0.15) is 19.8 Å². The van der Waals surface area contributed by atoms with Gasteiger partial charge in [-0.25, -0.2) is 13.1 Å². The molecule has 0 amide bonds. The highest BCUT2D eigenvalue weighted by Gasteiger charge is 2.27. The molecular weight excluding hydrogens is 274 g/mol. The van der Waals surface area contributed by atoms with Crippen LogP contribution < -0.4 is 10.0 Å². The maximum Gasteiger partial charge on any atom is 0.242 e. The number of nitrogens with one attached hydrogen (secondary N) is 2. The Morgan fingerprint density at radius 1 is 1.30 bits per heavy atom. The first-order valence-electron chi connectivity index (χ1n) is 7.09. The molecule has 0 radical (unpaired) electrons. The molecule has 0 atom stereocenters. The van der Waals surface area contributed by atoms with Crippen LogP contribution in [-0.2, 0) is 10.0 Å². The minimum Gasteiger partial charge on any atom is -0.387 e. The number of hydrogen-bond acceptors (Lipinski definition) is 4. The smallest absolute Gasteiger partial charge is 0.242 e. The third-order valence-electron chi connectivity index (χ3n) is 3.61. The van der Waals surface area contributed by atoms with Crippen LogP contribution in [0.15, 0.2) is 29.2 Å². The Kier molecular flexibility index (Phi) is 5.01. The van der Waals surface area contributed by atoms with Gasteiger partial charge in [0.15, 0.2) is 0 Å². The van der Waals surface area contributed by atoms with Crippen molar-refractivity contribution in [3.63, 3.8) is 0 Å². The number of rotatable bonds is 8. The molecule has 0 unspecified atom stereocenters. The van der Waals surface area contributed by atoms with Crippen LogP contribution in [0, 0.1) is 0 Å². The average Bonchev–Trinajstić information content (AvgIpc) is 3.28. The molecule has 1 saturated carbocycles. The average molecular weight is 297 g/mol. The first-order valence-corrected chi connectivity index (χ1v) is 8.57. The highest BCUT2D eigenvalue weighted by atomic mass is 32.2. The Bertz CT molecular complexity index is 541. The van der Waals surface area contributed by atoms with Crippen LogP contribution in [0.25, 0.3) is 0 Å². The number of anilines is 1. The molecule has 1 aromatic rings. The number of benzene rings is 1. The van der Waals surface area contributed by atoms with E-state index < -0.39 is 10.0 Å². The Balaban J connectivity index is 1.96. The largest absolute Gasteiger partial charge is 0.387 e. The van der Waals surface area contributed by atoms with Gasteiger partial charge in [-0.05, 0) is 31.5 Å². The second-order valence-electron chi connectivity index (χ2n) is 5.00. The highest BCUT2D eigenvalue weighted by molar-refractivity contribution is 7.89. The van der Waals surface area contributed by atoms with Gasteiger partial charge in [0.1, 0.15) is 4.90 Å². The van der Waals surface area contributed by atoms with E-state index in [-0.39, 0.29) is 0 Å². The van der Waals surface area contributed by atoms with Crippen molar-refractivity contribution in [2.24, 2.45) is 0 Å². The summed E-state index contributed by atoms with van der Waals surface area (Å²) in [5.74, 6) is 0. The van der Waals surface area contributed by atoms with Gasteiger partial charge in [0, 0.05) is 26.2 Å². The molecule has 6 heteroatoms. The van der Waals surface area contributed by atoms with Crippen molar-refractivity contribution in [2.75, 3.05) is 32.0 Å². The summed E-state index contributed by atoms with van der Waals surface area (Å²) in [5, 5.41) is 2.91. The maximum absolute atomic E-state index is 12.3. The van der Waals surface area contributed by atoms with E-state index in [1.165, 1.54) is 12.8 Å². The summed E-state index contributed by atoms with van der Waals surface area (Å²) >= 11 is 0. The summed E-state index contributed by atoms with van der Waals surface area (Å²) in [6.45, 7) is 4.30. The van der Waals surface area contributed by atoms with Crippen LogP contribution in [0.5, 0.6) is 0 Å². The molecule has 0 spiro atoms. The molecule has 0 aliphatic heterocycles. The molecular formula is C14H23N3O2S. The van der Waals surface area contributed by atoms with Crippen molar-refractivity contribution < 1.29 is 8.42 Å². The van der Waals surface area contributed by atoms with Crippen LogP contribution in [-0.4, -0.2) is 46.0 Å². The van der Waals surface area contributed by atoms with E-state index in [0.29, 0.717) is 23.2 Å². The fourth-order valence-corrected chi connectivity index (χ4v) is 3.58. The fourth-order valence-electron chi connectivity index (χ4n) is 2.35. The van der Waals surface area contributed by atoms with Crippen molar-refractivity contribution in [1.29, 1.82) is 0 Å². The normalized spacial score (nSPS) is 15.6. The molecule has 0 aromatic heterocycles. The zero-order chi connectivity index (χ0) is 14.6. The lowest BCUT2D eigenvalue weighted by Gasteiger charge is -2.20. The summed E-state index contributed by atoms with van der Waals surface area (Å²) in [7, 11) is -1.73. The number of hydrogen-bond donors (Lipinski definition) is 2. The Hall–Kier alpha value is -1.11. The monoisotopic (exact) mass is 297 g/mol. The zero-order valence-corrected chi connectivity index (χ0v) is 12.9. The van der Waals surface area contributed by atoms with Crippen molar-refractivity contribution in [3.05, 3.63) is 24.3 Å². The quantitative estimate of drug-likeness (QED) is 0.763. The molecule has 1 fully saturated rings. The van der Waals surface area contributed by atoms with Crippen molar-refractivity contribution in [2.45, 2.75) is 30.7 Å². The molecule has 1 aliphatic rings. The predicted molar refractivity (Wildman–Crippen MR) is 81.4 cm³/mol. The summed E-state index contributed by atoms with van der Waals surface area (Å²) in [6.07, 6.45) is 2.48. The number of likely N-dealkylation sites (N-methyl/N-ethyl adjacent to an activating group) is 1. The molecule has 20 heavy (non-hydrogen) atoms. The summed E-state index contributed by atoms with van der Waals surface area (Å²) in [5.41, 5.74) is 0.620. The van der Waals surface area contributed by atoms with Gasteiger partial charge < -0.3 is 5.32 Å². The van der Waals surface area contributed by atoms with E-state index in [1.807, 2.05) is 6.07 Å². The second kappa shape index (κ2) is 6.56. The number of sulfonamides is 1. The lowest BCUT2D eigenvalue weighted by molar-refractivity contribution is 0.282. The predicted octanol–water partition coefficient (Wildman–Crippen LogP) is 1.49. The molecule has 5 nitrogen and oxygen atoms in total. The van der Waals surface area contributed by atoms with Gasteiger partial charge in [-0.3, -0.25) is 4.90 Å². The van der Waals surface area contributed by atoms with Gasteiger partial charge in [0.25, 0.3) is 0 Å². The van der Waals surface area contributed by atoms with Gasteiger partial charge in [0.05, 0.1) is 5.69 Å². The van der Waals surface area contributed by atoms with E-state index in [9.17, 15) is 8.42 Å². The van der Waals surface area contributed by atoms with Crippen LogP contribution in [0.3, 0.4) is 0 Å². The minimum absolute atomic E-state index is 0.303. The van der Waals surface area contributed by atoms with Gasteiger partial charge in [-0.1, -0.05) is 19.1 Å². The second-order valence-corrected chi connectivity index (χ2v) is 6.74. The summed E-state index contributed by atoms with van der Waals surface area (Å²) in [6, 6.07) is 7.59. The molecule has 0 saturated heterocycles. The van der Waals surface area contributed by atoms with Crippen molar-refractivity contribution >= 4 is 15.7 Å². The maximum atomic E-state index is 12.3. The molecule has 2 rings (SSSR count). The fraction of sp³-hybridized carbons (Fsp3) is 0.571. The van der Waals surface area contributed by atoms with Crippen molar-refractivity contribution in [3.8, 4) is 0 Å². The minimum atomic E-state index is -3.45. The van der Waals surface area contributed by atoms with E-state index >= 15 is 0 Å². The lowest BCUT2D eigenvalue weighted by Crippen LogP contribution is -2.36. The molecule has 1 aromatic carbocycles. The van der Waals surface area contributed by atoms with Gasteiger partial charge in [-0.15, -0.1) is 0 Å². The molecule has 0 heterocycles. The topological polar surface area (TPSA) is 61.4 Å². The Labute approximate surface area is 121 Å². The Morgan fingerprint density at radius 2 is 2.00 bits per heavy atom. The number of nitrogens with zero attached hydrogens (tertiary/aromatic N) is 1. The van der Waals surface area contributed by atoms with E-state index in [2.05, 4.69) is 21.9 Å². The first kappa shape index (κ1) is 15.3. The van der Waals surface area contributed by atoms with Crippen LogP contribution >= 0.6 is 0 Å². The molecule has 112 valence electrons. The van der Waals surface area contributed by atoms with E-state index in [4.69, 9.17) is 0 Å². The molecule has 2 N–H and O–H groups in total. The summed E-state index contributed by atoms with van der Waals surface area (Å²) in [4.78, 5) is 2.63. The summed E-state index contributed by atoms with van der Waals surface area (Å²) < 4.78 is 27.3. The standard InChI is InChI=1S/C14H23N3O2S/c1-3-17(12-8-9-12)11-10-16-20(18,19)14-7-5-4-6-13(14)15-2/h4-7,12,15-16H,3,8-11H2,1-2H3. The zero-order valence-electron chi connectivity index (χ0n) is 12.1. The van der Waals surface area contributed by atoms with E-state index in [1.54, 1.807) is 25.2 Å². The van der Waals surface area contributed by atoms with Gasteiger partial charge in [0.2, 0.25) is 10.0 Å². The third kappa shape index (κ3) is 3.71. The molecule has 0 bridgehead atoms. The van der Waals surface area contributed by atoms with Gasteiger partial charge in [-0.2, -0.15) is 0 Å². The van der Waals surface area contributed by atoms with Crippen LogP contribution in [0.4, 0.5) is 5.69 Å². The molecule has 1 aliphatic carbocycles. The first-order chi connectivity index (χ1) is 9.58. The number of para-hydroxylation sites is 1. The Morgan fingerprint density at radius 3 is 2.60 bits per heavy atom. The van der Waals surface area contributed by atoms with E-state index in [0.717, 1.165) is 13.1 Å². The van der Waals surface area contributed by atoms with Crippen molar-refractivity contribution in [1.82, 2.24) is 9.62 Å². The third-order valence-corrected chi connectivity index (χ3v) is 5.13. The SMILES string of the molecule is CCN(CCNS(=O)(=O)c1ccccc1NC)C1CC1. The lowest BCUT2D eigenvalue weighted by atomic mass is 10.3. The highest BCUT2D eigenvalue weighted by Crippen LogP contribution is 2.26. The van der Waals surface area contributed by atoms with Gasteiger partial charge >= 0.3 is 0 Å². The van der Waals surface area contributed by atoms with Crippen LogP contribution in [0.2, 0.25) is 0 Å².